The average Bonchev–Trinajstić information content (AvgIpc) is 2.63. The molecule has 26 heavy (non-hydrogen) atoms. The van der Waals surface area contributed by atoms with E-state index in [9.17, 15) is 14.0 Å². The van der Waals surface area contributed by atoms with Crippen LogP contribution in [0, 0.1) is 12.7 Å². The number of carbonyl (C=O) groups is 2. The molecule has 0 bridgehead atoms. The van der Waals surface area contributed by atoms with Crippen LogP contribution in [0.3, 0.4) is 0 Å². The number of aromatic nitrogens is 1. The van der Waals surface area contributed by atoms with Crippen LogP contribution in [0.5, 0.6) is 5.75 Å². The van der Waals surface area contributed by atoms with Crippen molar-refractivity contribution in [3.05, 3.63) is 59.2 Å². The fourth-order valence-corrected chi connectivity index (χ4v) is 2.95. The molecule has 2 heterocycles. The number of hydrogen-bond donors (Lipinski definition) is 1. The first-order chi connectivity index (χ1) is 12.4. The summed E-state index contributed by atoms with van der Waals surface area (Å²) in [5, 5.41) is 9.04. The van der Waals surface area contributed by atoms with Crippen LogP contribution in [0.25, 0.3) is 0 Å². The van der Waals surface area contributed by atoms with E-state index in [-0.39, 0.29) is 29.1 Å². The van der Waals surface area contributed by atoms with Gasteiger partial charge in [0.05, 0.1) is 11.3 Å². The summed E-state index contributed by atoms with van der Waals surface area (Å²) in [6.07, 6.45) is 1.29. The Balaban J connectivity index is 1.59. The van der Waals surface area contributed by atoms with Crippen molar-refractivity contribution in [2.24, 2.45) is 0 Å². The summed E-state index contributed by atoms with van der Waals surface area (Å²) in [5.41, 5.74) is 0.649. The summed E-state index contributed by atoms with van der Waals surface area (Å²) >= 11 is 0. The minimum Gasteiger partial charge on any atom is -0.490 e. The van der Waals surface area contributed by atoms with Crippen molar-refractivity contribution in [2.45, 2.75) is 25.9 Å². The first-order valence-electron chi connectivity index (χ1n) is 8.36. The molecule has 1 aromatic carbocycles. The molecule has 0 aliphatic carbocycles. The topological polar surface area (TPSA) is 79.7 Å². The number of nitrogens with zero attached hydrogens (tertiary/aromatic N) is 2. The second kappa shape index (κ2) is 7.51. The van der Waals surface area contributed by atoms with Gasteiger partial charge in [-0.15, -0.1) is 0 Å². The fraction of sp³-hybridized carbons (Fsp3) is 0.316. The predicted octanol–water partition coefficient (Wildman–Crippen LogP) is 2.91. The molecule has 0 unspecified atom stereocenters. The first-order valence-corrected chi connectivity index (χ1v) is 8.36. The number of halogens is 1. The van der Waals surface area contributed by atoms with Crippen LogP contribution in [0.15, 0.2) is 36.4 Å². The van der Waals surface area contributed by atoms with Crippen LogP contribution < -0.4 is 4.74 Å². The van der Waals surface area contributed by atoms with Gasteiger partial charge in [0, 0.05) is 25.9 Å². The molecule has 1 amide bonds. The molecular weight excluding hydrogens is 339 g/mol. The van der Waals surface area contributed by atoms with Gasteiger partial charge < -0.3 is 14.7 Å². The van der Waals surface area contributed by atoms with Gasteiger partial charge in [0.15, 0.2) is 0 Å². The van der Waals surface area contributed by atoms with Gasteiger partial charge in [-0.05, 0) is 43.3 Å². The number of carboxylic acid groups (broad SMARTS) is 1. The van der Waals surface area contributed by atoms with Gasteiger partial charge in [-0.3, -0.25) is 4.79 Å². The summed E-state index contributed by atoms with van der Waals surface area (Å²) in [5.74, 6) is -0.981. The van der Waals surface area contributed by atoms with Gasteiger partial charge in [-0.25, -0.2) is 14.2 Å². The lowest BCUT2D eigenvalue weighted by atomic mass is 10.1. The van der Waals surface area contributed by atoms with Crippen molar-refractivity contribution >= 4 is 11.9 Å². The number of pyridine rings is 1. The standard InChI is InChI=1S/C19H19FN2O4/c1-12-16(19(24)25)6-7-17(21-12)18(23)22-10-8-15(9-11-22)26-14-4-2-13(20)3-5-14/h2-7,15H,8-11H2,1H3,(H,24,25). The van der Waals surface area contributed by atoms with Crippen LogP contribution in [0.2, 0.25) is 0 Å². The lowest BCUT2D eigenvalue weighted by Crippen LogP contribution is -2.42. The third kappa shape index (κ3) is 3.99. The van der Waals surface area contributed by atoms with Crippen molar-refractivity contribution in [3.8, 4) is 5.75 Å². The molecule has 1 fully saturated rings. The number of aromatic carboxylic acids is 1. The smallest absolute Gasteiger partial charge is 0.337 e. The molecule has 6 nitrogen and oxygen atoms in total. The summed E-state index contributed by atoms with van der Waals surface area (Å²) < 4.78 is 18.7. The first kappa shape index (κ1) is 17.8. The van der Waals surface area contributed by atoms with Crippen LogP contribution in [0.1, 0.15) is 39.4 Å². The number of carbonyl (C=O) groups excluding carboxylic acids is 1. The van der Waals surface area contributed by atoms with Crippen molar-refractivity contribution < 1.29 is 23.8 Å². The highest BCUT2D eigenvalue weighted by atomic mass is 19.1. The Kier molecular flexibility index (Phi) is 5.16. The van der Waals surface area contributed by atoms with Crippen molar-refractivity contribution in [1.29, 1.82) is 0 Å². The number of ether oxygens (including phenoxy) is 1. The Morgan fingerprint density at radius 2 is 1.81 bits per heavy atom. The molecule has 2 aromatic rings. The summed E-state index contributed by atoms with van der Waals surface area (Å²) in [4.78, 5) is 29.4. The Bertz CT molecular complexity index is 815. The zero-order chi connectivity index (χ0) is 18.7. The van der Waals surface area contributed by atoms with Crippen LogP contribution in [0.4, 0.5) is 4.39 Å². The van der Waals surface area contributed by atoms with Crippen molar-refractivity contribution in [2.75, 3.05) is 13.1 Å². The lowest BCUT2D eigenvalue weighted by molar-refractivity contribution is 0.0587. The maximum absolute atomic E-state index is 12.9. The predicted molar refractivity (Wildman–Crippen MR) is 91.9 cm³/mol. The van der Waals surface area contributed by atoms with Crippen LogP contribution >= 0.6 is 0 Å². The highest BCUT2D eigenvalue weighted by Gasteiger charge is 2.26. The van der Waals surface area contributed by atoms with Gasteiger partial charge >= 0.3 is 5.97 Å². The lowest BCUT2D eigenvalue weighted by Gasteiger charge is -2.32. The Hall–Kier alpha value is -2.96. The minimum absolute atomic E-state index is 0.0337. The highest BCUT2D eigenvalue weighted by molar-refractivity contribution is 5.94. The molecule has 136 valence electrons. The van der Waals surface area contributed by atoms with E-state index in [1.807, 2.05) is 0 Å². The summed E-state index contributed by atoms with van der Waals surface area (Å²) in [6.45, 7) is 2.61. The molecule has 1 aliphatic heterocycles. The van der Waals surface area contributed by atoms with E-state index in [0.29, 0.717) is 37.4 Å². The molecule has 3 rings (SSSR count). The SMILES string of the molecule is Cc1nc(C(=O)N2CCC(Oc3ccc(F)cc3)CC2)ccc1C(=O)O. The van der Waals surface area contributed by atoms with E-state index in [1.54, 1.807) is 24.0 Å². The van der Waals surface area contributed by atoms with Crippen molar-refractivity contribution in [1.82, 2.24) is 9.88 Å². The maximum atomic E-state index is 12.9. The molecular formula is C19H19FN2O4. The molecule has 1 saturated heterocycles. The normalized spacial score (nSPS) is 14.9. The molecule has 1 aromatic heterocycles. The zero-order valence-electron chi connectivity index (χ0n) is 14.3. The molecule has 0 radical (unpaired) electrons. The van der Waals surface area contributed by atoms with E-state index in [2.05, 4.69) is 4.98 Å². The quantitative estimate of drug-likeness (QED) is 0.909. The highest BCUT2D eigenvalue weighted by Crippen LogP contribution is 2.20. The largest absolute Gasteiger partial charge is 0.490 e. The number of benzene rings is 1. The van der Waals surface area contributed by atoms with Crippen molar-refractivity contribution in [3.63, 3.8) is 0 Å². The summed E-state index contributed by atoms with van der Waals surface area (Å²) in [7, 11) is 0. The van der Waals surface area contributed by atoms with Gasteiger partial charge in [-0.2, -0.15) is 0 Å². The molecule has 1 N–H and O–H groups in total. The minimum atomic E-state index is -1.06. The van der Waals surface area contributed by atoms with Gasteiger partial charge in [0.1, 0.15) is 23.4 Å². The third-order valence-corrected chi connectivity index (χ3v) is 4.38. The molecule has 0 saturated carbocycles. The van der Waals surface area contributed by atoms with Crippen LogP contribution in [-0.4, -0.2) is 46.1 Å². The second-order valence-corrected chi connectivity index (χ2v) is 6.20. The van der Waals surface area contributed by atoms with Gasteiger partial charge in [-0.1, -0.05) is 0 Å². The Labute approximate surface area is 150 Å². The number of hydrogen-bond acceptors (Lipinski definition) is 4. The molecule has 1 aliphatic rings. The van der Waals surface area contributed by atoms with Gasteiger partial charge in [0.2, 0.25) is 0 Å². The van der Waals surface area contributed by atoms with E-state index < -0.39 is 5.97 Å². The monoisotopic (exact) mass is 358 g/mol. The fourth-order valence-electron chi connectivity index (χ4n) is 2.95. The van der Waals surface area contributed by atoms with E-state index >= 15 is 0 Å². The van der Waals surface area contributed by atoms with E-state index in [1.165, 1.54) is 24.3 Å². The number of carboxylic acids is 1. The van der Waals surface area contributed by atoms with E-state index in [0.717, 1.165) is 0 Å². The molecule has 0 spiro atoms. The van der Waals surface area contributed by atoms with Gasteiger partial charge in [0.25, 0.3) is 5.91 Å². The Morgan fingerprint density at radius 1 is 1.15 bits per heavy atom. The third-order valence-electron chi connectivity index (χ3n) is 4.38. The number of likely N-dealkylation sites (tertiary alicyclic amines) is 1. The van der Waals surface area contributed by atoms with Crippen LogP contribution in [-0.2, 0) is 0 Å². The summed E-state index contributed by atoms with van der Waals surface area (Å²) in [6, 6.07) is 8.72. The van der Waals surface area contributed by atoms with E-state index in [4.69, 9.17) is 9.84 Å². The molecule has 0 atom stereocenters. The molecule has 7 heteroatoms. The number of amides is 1. The number of piperidine rings is 1. The number of rotatable bonds is 4. The average molecular weight is 358 g/mol. The number of aryl methyl sites for hydroxylation is 1. The zero-order valence-corrected chi connectivity index (χ0v) is 14.3. The maximum Gasteiger partial charge on any atom is 0.337 e. The Morgan fingerprint density at radius 3 is 2.38 bits per heavy atom. The second-order valence-electron chi connectivity index (χ2n) is 6.20.